The fourth-order valence-corrected chi connectivity index (χ4v) is 2.32. The molecule has 5 heteroatoms. The molecule has 19 heavy (non-hydrogen) atoms. The van der Waals surface area contributed by atoms with E-state index in [1.807, 2.05) is 12.1 Å². The van der Waals surface area contributed by atoms with Crippen molar-refractivity contribution in [3.05, 3.63) is 23.3 Å². The van der Waals surface area contributed by atoms with E-state index >= 15 is 0 Å². The number of esters is 1. The van der Waals surface area contributed by atoms with E-state index in [0.29, 0.717) is 6.54 Å². The average Bonchev–Trinajstić information content (AvgIpc) is 2.45. The number of carbonyl (C=O) groups is 1. The molecule has 0 amide bonds. The molecule has 0 unspecified atom stereocenters. The zero-order valence-electron chi connectivity index (χ0n) is 11.6. The van der Waals surface area contributed by atoms with E-state index in [2.05, 4.69) is 4.90 Å². The number of methoxy groups -OCH3 is 3. The quantitative estimate of drug-likeness (QED) is 0.766. The van der Waals surface area contributed by atoms with E-state index in [0.717, 1.165) is 31.0 Å². The predicted octanol–water partition coefficient (Wildman–Crippen LogP) is 1.23. The Hall–Kier alpha value is -1.75. The standard InChI is InChI=1S/C14H19NO4/c1-17-12-6-10-4-5-15(9-14(16)19-3)8-11(10)7-13(12)18-2/h6-7H,4-5,8-9H2,1-3H3. The Morgan fingerprint density at radius 2 is 1.79 bits per heavy atom. The van der Waals surface area contributed by atoms with Gasteiger partial charge in [-0.1, -0.05) is 0 Å². The van der Waals surface area contributed by atoms with E-state index in [1.165, 1.54) is 18.2 Å². The Labute approximate surface area is 113 Å². The Balaban J connectivity index is 2.18. The van der Waals surface area contributed by atoms with Crippen molar-refractivity contribution in [1.29, 1.82) is 0 Å². The third-order valence-electron chi connectivity index (χ3n) is 3.38. The molecule has 0 fully saturated rings. The second-order valence-electron chi connectivity index (χ2n) is 4.51. The fourth-order valence-electron chi connectivity index (χ4n) is 2.32. The molecule has 104 valence electrons. The Bertz CT molecular complexity index is 473. The number of hydrogen-bond donors (Lipinski definition) is 0. The highest BCUT2D eigenvalue weighted by molar-refractivity contribution is 5.71. The maximum Gasteiger partial charge on any atom is 0.319 e. The Morgan fingerprint density at radius 3 is 2.37 bits per heavy atom. The average molecular weight is 265 g/mol. The third kappa shape index (κ3) is 2.98. The van der Waals surface area contributed by atoms with Crippen LogP contribution in [0.3, 0.4) is 0 Å². The van der Waals surface area contributed by atoms with Gasteiger partial charge in [0.2, 0.25) is 0 Å². The molecule has 2 rings (SSSR count). The first-order valence-electron chi connectivity index (χ1n) is 6.21. The fraction of sp³-hybridized carbons (Fsp3) is 0.500. The van der Waals surface area contributed by atoms with E-state index in [-0.39, 0.29) is 5.97 Å². The van der Waals surface area contributed by atoms with Crippen molar-refractivity contribution >= 4 is 5.97 Å². The van der Waals surface area contributed by atoms with E-state index in [9.17, 15) is 4.79 Å². The van der Waals surface area contributed by atoms with Crippen LogP contribution in [0.4, 0.5) is 0 Å². The number of ether oxygens (including phenoxy) is 3. The largest absolute Gasteiger partial charge is 0.493 e. The molecule has 0 aromatic heterocycles. The van der Waals surface area contributed by atoms with Crippen molar-refractivity contribution in [3.63, 3.8) is 0 Å². The minimum Gasteiger partial charge on any atom is -0.493 e. The number of carbonyl (C=O) groups excluding carboxylic acids is 1. The zero-order chi connectivity index (χ0) is 13.8. The summed E-state index contributed by atoms with van der Waals surface area (Å²) < 4.78 is 15.3. The molecule has 0 radical (unpaired) electrons. The topological polar surface area (TPSA) is 48.0 Å². The molecule has 0 saturated carbocycles. The van der Waals surface area contributed by atoms with Gasteiger partial charge in [0.15, 0.2) is 11.5 Å². The van der Waals surface area contributed by atoms with E-state index < -0.39 is 0 Å². The second-order valence-corrected chi connectivity index (χ2v) is 4.51. The van der Waals surface area contributed by atoms with Gasteiger partial charge in [-0.05, 0) is 29.7 Å². The summed E-state index contributed by atoms with van der Waals surface area (Å²) in [6, 6.07) is 4.00. The highest BCUT2D eigenvalue weighted by Gasteiger charge is 2.21. The van der Waals surface area contributed by atoms with Gasteiger partial charge in [-0.2, -0.15) is 0 Å². The monoisotopic (exact) mass is 265 g/mol. The molecule has 5 nitrogen and oxygen atoms in total. The summed E-state index contributed by atoms with van der Waals surface area (Å²) in [5, 5.41) is 0. The lowest BCUT2D eigenvalue weighted by Gasteiger charge is -2.28. The summed E-state index contributed by atoms with van der Waals surface area (Å²) in [6.45, 7) is 1.90. The van der Waals surface area contributed by atoms with Crippen molar-refractivity contribution in [3.8, 4) is 11.5 Å². The number of rotatable bonds is 4. The lowest BCUT2D eigenvalue weighted by atomic mass is 9.99. The second kappa shape index (κ2) is 5.93. The molecule has 0 spiro atoms. The molecule has 0 bridgehead atoms. The van der Waals surface area contributed by atoms with Crippen molar-refractivity contribution in [2.75, 3.05) is 34.4 Å². The molecule has 0 saturated heterocycles. The highest BCUT2D eigenvalue weighted by Crippen LogP contribution is 2.33. The van der Waals surface area contributed by atoms with Gasteiger partial charge < -0.3 is 14.2 Å². The summed E-state index contributed by atoms with van der Waals surface area (Å²) in [4.78, 5) is 13.4. The number of hydrogen-bond acceptors (Lipinski definition) is 5. The van der Waals surface area contributed by atoms with Crippen molar-refractivity contribution in [2.24, 2.45) is 0 Å². The van der Waals surface area contributed by atoms with Gasteiger partial charge in [-0.25, -0.2) is 0 Å². The lowest BCUT2D eigenvalue weighted by molar-refractivity contribution is -0.142. The maximum atomic E-state index is 11.3. The summed E-state index contributed by atoms with van der Waals surface area (Å²) in [5.74, 6) is 1.27. The van der Waals surface area contributed by atoms with E-state index in [4.69, 9.17) is 14.2 Å². The highest BCUT2D eigenvalue weighted by atomic mass is 16.5. The van der Waals surface area contributed by atoms with Crippen molar-refractivity contribution in [2.45, 2.75) is 13.0 Å². The minimum absolute atomic E-state index is 0.205. The maximum absolute atomic E-state index is 11.3. The molecule has 1 heterocycles. The summed E-state index contributed by atoms with van der Waals surface area (Å²) >= 11 is 0. The number of nitrogens with zero attached hydrogens (tertiary/aromatic N) is 1. The molecule has 0 aliphatic carbocycles. The molecule has 1 aliphatic heterocycles. The number of fused-ring (bicyclic) bond motifs is 1. The van der Waals surface area contributed by atoms with Gasteiger partial charge in [0.1, 0.15) is 0 Å². The van der Waals surface area contributed by atoms with Crippen LogP contribution in [0.2, 0.25) is 0 Å². The van der Waals surface area contributed by atoms with Crippen LogP contribution in [-0.2, 0) is 22.5 Å². The molecular weight excluding hydrogens is 246 g/mol. The first-order chi connectivity index (χ1) is 9.17. The SMILES string of the molecule is COC(=O)CN1CCc2cc(OC)c(OC)cc2C1. The van der Waals surface area contributed by atoms with Gasteiger partial charge in [-0.3, -0.25) is 9.69 Å². The lowest BCUT2D eigenvalue weighted by Crippen LogP contribution is -2.35. The van der Waals surface area contributed by atoms with Crippen LogP contribution < -0.4 is 9.47 Å². The van der Waals surface area contributed by atoms with Gasteiger partial charge in [-0.15, -0.1) is 0 Å². The van der Waals surface area contributed by atoms with Gasteiger partial charge in [0, 0.05) is 13.1 Å². The molecule has 1 aromatic carbocycles. The normalized spacial score (nSPS) is 14.7. The van der Waals surface area contributed by atoms with Crippen LogP contribution >= 0.6 is 0 Å². The molecule has 1 aliphatic rings. The first-order valence-corrected chi connectivity index (χ1v) is 6.21. The molecule has 0 atom stereocenters. The molecule has 1 aromatic rings. The van der Waals surface area contributed by atoms with Crippen LogP contribution in [0.1, 0.15) is 11.1 Å². The van der Waals surface area contributed by atoms with Crippen LogP contribution in [0.15, 0.2) is 12.1 Å². The minimum atomic E-state index is -0.205. The summed E-state index contributed by atoms with van der Waals surface area (Å²) in [7, 11) is 4.67. The Morgan fingerprint density at radius 1 is 1.16 bits per heavy atom. The van der Waals surface area contributed by atoms with E-state index in [1.54, 1.807) is 14.2 Å². The van der Waals surface area contributed by atoms with Crippen LogP contribution in [0.5, 0.6) is 11.5 Å². The molecular formula is C14H19NO4. The predicted molar refractivity (Wildman–Crippen MR) is 70.5 cm³/mol. The Kier molecular flexibility index (Phi) is 4.27. The molecule has 0 N–H and O–H groups in total. The van der Waals surface area contributed by atoms with Gasteiger partial charge in [0.25, 0.3) is 0 Å². The van der Waals surface area contributed by atoms with Crippen molar-refractivity contribution < 1.29 is 19.0 Å². The smallest absolute Gasteiger partial charge is 0.319 e. The third-order valence-corrected chi connectivity index (χ3v) is 3.38. The van der Waals surface area contributed by atoms with Gasteiger partial charge in [0.05, 0.1) is 27.9 Å². The van der Waals surface area contributed by atoms with Gasteiger partial charge >= 0.3 is 5.97 Å². The summed E-state index contributed by atoms with van der Waals surface area (Å²) in [6.07, 6.45) is 0.896. The number of benzene rings is 1. The zero-order valence-corrected chi connectivity index (χ0v) is 11.6. The van der Waals surface area contributed by atoms with Crippen LogP contribution in [-0.4, -0.2) is 45.3 Å². The van der Waals surface area contributed by atoms with Crippen LogP contribution in [0.25, 0.3) is 0 Å². The first kappa shape index (κ1) is 13.7. The van der Waals surface area contributed by atoms with Crippen LogP contribution in [0, 0.1) is 0 Å². The summed E-state index contributed by atoms with van der Waals surface area (Å²) in [5.41, 5.74) is 2.42. The van der Waals surface area contributed by atoms with Crippen molar-refractivity contribution in [1.82, 2.24) is 4.90 Å².